The van der Waals surface area contributed by atoms with Crippen LogP contribution >= 0.6 is 0 Å². The smallest absolute Gasteiger partial charge is 0.282 e. The Balaban J connectivity index is 0.00000196. The van der Waals surface area contributed by atoms with Gasteiger partial charge in [-0.3, -0.25) is 9.11 Å². The van der Waals surface area contributed by atoms with E-state index in [4.69, 9.17) is 9.11 Å². The van der Waals surface area contributed by atoms with Crippen molar-refractivity contribution in [2.45, 2.75) is 9.79 Å². The molecular formula is C6H6O6PtS2+2. The van der Waals surface area contributed by atoms with Crippen LogP contribution < -0.4 is 0 Å². The van der Waals surface area contributed by atoms with Crippen LogP contribution in [-0.2, 0) is 41.3 Å². The topological polar surface area (TPSA) is 109 Å². The predicted octanol–water partition coefficient (Wildman–Crippen LogP) is 0.178. The van der Waals surface area contributed by atoms with E-state index in [9.17, 15) is 16.8 Å². The van der Waals surface area contributed by atoms with Crippen LogP contribution in [0.4, 0.5) is 0 Å². The average Bonchev–Trinajstić information content (AvgIpc) is 2.01. The van der Waals surface area contributed by atoms with Gasteiger partial charge in [0.25, 0.3) is 20.2 Å². The Kier molecular flexibility index (Phi) is 4.63. The molecule has 0 unspecified atom stereocenters. The summed E-state index contributed by atoms with van der Waals surface area (Å²) in [5.74, 6) is 0. The fraction of sp³-hybridized carbons (Fsp3) is 0. The van der Waals surface area contributed by atoms with Crippen molar-refractivity contribution in [1.29, 1.82) is 0 Å². The van der Waals surface area contributed by atoms with Crippen LogP contribution in [0, 0.1) is 0 Å². The van der Waals surface area contributed by atoms with E-state index < -0.39 is 30.0 Å². The molecule has 0 heterocycles. The first-order valence-corrected chi connectivity index (χ1v) is 6.14. The molecule has 0 aliphatic carbocycles. The minimum Gasteiger partial charge on any atom is -0.282 e. The van der Waals surface area contributed by atoms with E-state index in [1.807, 2.05) is 0 Å². The Labute approximate surface area is 101 Å². The van der Waals surface area contributed by atoms with Crippen LogP contribution in [-0.4, -0.2) is 25.9 Å². The Morgan fingerprint density at radius 1 is 0.867 bits per heavy atom. The van der Waals surface area contributed by atoms with Crippen LogP contribution in [0.1, 0.15) is 0 Å². The summed E-state index contributed by atoms with van der Waals surface area (Å²) in [6.45, 7) is 0. The number of hydrogen-bond donors (Lipinski definition) is 2. The summed E-state index contributed by atoms with van der Waals surface area (Å²) in [6.07, 6.45) is 0. The van der Waals surface area contributed by atoms with Gasteiger partial charge in [-0.1, -0.05) is 6.07 Å². The number of hydrogen-bond acceptors (Lipinski definition) is 4. The van der Waals surface area contributed by atoms with Gasteiger partial charge in [0.15, 0.2) is 0 Å². The van der Waals surface area contributed by atoms with Gasteiger partial charge in [-0.05, 0) is 18.2 Å². The van der Waals surface area contributed by atoms with Crippen LogP contribution in [0.2, 0.25) is 0 Å². The minimum absolute atomic E-state index is 0. The summed E-state index contributed by atoms with van der Waals surface area (Å²) < 4.78 is 59.5. The van der Waals surface area contributed by atoms with Gasteiger partial charge in [0.2, 0.25) is 0 Å². The molecule has 0 aromatic heterocycles. The van der Waals surface area contributed by atoms with Crippen molar-refractivity contribution in [3.63, 3.8) is 0 Å². The molecule has 0 bridgehead atoms. The van der Waals surface area contributed by atoms with Crippen LogP contribution in [0.5, 0.6) is 0 Å². The molecule has 86 valence electrons. The van der Waals surface area contributed by atoms with Gasteiger partial charge in [0, 0.05) is 0 Å². The van der Waals surface area contributed by atoms with Gasteiger partial charge in [-0.2, -0.15) is 16.8 Å². The maximum absolute atomic E-state index is 10.6. The van der Waals surface area contributed by atoms with Gasteiger partial charge in [0.1, 0.15) is 0 Å². The summed E-state index contributed by atoms with van der Waals surface area (Å²) in [4.78, 5) is -1.18. The standard InChI is InChI=1S/C6H6O6S2.Pt/c7-13(8,9)5-2-1-3-6(4-5)14(10,11)12;/h1-4H,(H,7,8,9)(H,10,11,12);/q;+2. The van der Waals surface area contributed by atoms with E-state index in [1.54, 1.807) is 0 Å². The molecule has 1 rings (SSSR count). The zero-order chi connectivity index (χ0) is 11.0. The largest absolute Gasteiger partial charge is 2.00 e. The van der Waals surface area contributed by atoms with Crippen LogP contribution in [0.25, 0.3) is 0 Å². The molecule has 1 aromatic rings. The van der Waals surface area contributed by atoms with Crippen LogP contribution in [0.3, 0.4) is 0 Å². The first-order chi connectivity index (χ1) is 6.21. The molecular weight excluding hydrogens is 427 g/mol. The zero-order valence-electron chi connectivity index (χ0n) is 6.97. The third kappa shape index (κ3) is 4.00. The molecule has 0 amide bonds. The van der Waals surface area contributed by atoms with Gasteiger partial charge in [-0.25, -0.2) is 0 Å². The molecule has 2 N–H and O–H groups in total. The second kappa shape index (κ2) is 4.71. The monoisotopic (exact) mass is 433 g/mol. The Morgan fingerprint density at radius 3 is 1.47 bits per heavy atom. The van der Waals surface area contributed by atoms with E-state index in [2.05, 4.69) is 0 Å². The second-order valence-electron chi connectivity index (χ2n) is 2.42. The zero-order valence-corrected chi connectivity index (χ0v) is 10.9. The Morgan fingerprint density at radius 2 is 1.20 bits per heavy atom. The van der Waals surface area contributed by atoms with Gasteiger partial charge >= 0.3 is 21.1 Å². The molecule has 15 heavy (non-hydrogen) atoms. The summed E-state index contributed by atoms with van der Waals surface area (Å²) in [6, 6.07) is 3.75. The van der Waals surface area contributed by atoms with E-state index >= 15 is 0 Å². The Hall–Kier alpha value is -0.272. The third-order valence-electron chi connectivity index (χ3n) is 1.40. The first-order valence-electron chi connectivity index (χ1n) is 3.26. The minimum atomic E-state index is -4.46. The van der Waals surface area contributed by atoms with Crippen molar-refractivity contribution >= 4 is 20.2 Å². The van der Waals surface area contributed by atoms with Crippen molar-refractivity contribution in [2.24, 2.45) is 0 Å². The quantitative estimate of drug-likeness (QED) is 0.645. The summed E-state index contributed by atoms with van der Waals surface area (Å²) in [7, 11) is -8.92. The van der Waals surface area contributed by atoms with Gasteiger partial charge in [-0.15, -0.1) is 0 Å². The third-order valence-corrected chi connectivity index (χ3v) is 3.10. The van der Waals surface area contributed by atoms with E-state index in [0.717, 1.165) is 18.2 Å². The Bertz CT molecular complexity index is 499. The van der Waals surface area contributed by atoms with E-state index in [0.29, 0.717) is 6.07 Å². The first kappa shape index (κ1) is 14.7. The molecule has 0 saturated heterocycles. The van der Waals surface area contributed by atoms with E-state index in [-0.39, 0.29) is 21.1 Å². The predicted molar refractivity (Wildman–Crippen MR) is 46.1 cm³/mol. The average molecular weight is 433 g/mol. The molecule has 0 aliphatic rings. The fourth-order valence-electron chi connectivity index (χ4n) is 0.795. The van der Waals surface area contributed by atoms with Crippen molar-refractivity contribution in [1.82, 2.24) is 0 Å². The maximum Gasteiger partial charge on any atom is 2.00 e. The van der Waals surface area contributed by atoms with Crippen molar-refractivity contribution in [2.75, 3.05) is 0 Å². The molecule has 0 spiro atoms. The molecule has 0 radical (unpaired) electrons. The molecule has 1 aromatic carbocycles. The molecule has 0 aliphatic heterocycles. The summed E-state index contributed by atoms with van der Waals surface area (Å²) >= 11 is 0. The van der Waals surface area contributed by atoms with E-state index in [1.165, 1.54) is 0 Å². The van der Waals surface area contributed by atoms with Gasteiger partial charge < -0.3 is 0 Å². The normalized spacial score (nSPS) is 11.9. The molecule has 0 atom stereocenters. The molecule has 0 saturated carbocycles. The molecule has 0 fully saturated rings. The number of benzene rings is 1. The molecule has 6 nitrogen and oxygen atoms in total. The summed E-state index contributed by atoms with van der Waals surface area (Å²) in [5, 5.41) is 0. The fourth-order valence-corrected chi connectivity index (χ4v) is 1.92. The SMILES string of the molecule is O=S(=O)(O)c1cccc(S(=O)(=O)O)c1.[Pt+2]. The van der Waals surface area contributed by atoms with Crippen molar-refractivity contribution in [3.05, 3.63) is 24.3 Å². The van der Waals surface area contributed by atoms with Crippen molar-refractivity contribution in [3.8, 4) is 0 Å². The molecule has 9 heteroatoms. The van der Waals surface area contributed by atoms with Crippen LogP contribution in [0.15, 0.2) is 34.1 Å². The maximum atomic E-state index is 10.6. The second-order valence-corrected chi connectivity index (χ2v) is 5.27. The van der Waals surface area contributed by atoms with Gasteiger partial charge in [0.05, 0.1) is 9.79 Å². The van der Waals surface area contributed by atoms with Crippen molar-refractivity contribution < 1.29 is 47.0 Å². The number of rotatable bonds is 2. The summed E-state index contributed by atoms with van der Waals surface area (Å²) in [5.41, 5.74) is 0.